The van der Waals surface area contributed by atoms with Gasteiger partial charge in [-0.15, -0.1) is 0 Å². The van der Waals surface area contributed by atoms with E-state index >= 15 is 0 Å². The Morgan fingerprint density at radius 3 is 1.71 bits per heavy atom. The molecule has 0 atom stereocenters. The Kier molecular flexibility index (Phi) is 11.7. The molecule has 0 aromatic carbocycles. The summed E-state index contributed by atoms with van der Waals surface area (Å²) in [5.41, 5.74) is 0. The molecular weight excluding hydrogens is 362 g/mol. The van der Waals surface area contributed by atoms with Crippen LogP contribution in [-0.2, 0) is 0 Å². The van der Waals surface area contributed by atoms with Crippen molar-refractivity contribution < 1.29 is 58.2 Å². The predicted octanol–water partition coefficient (Wildman–Crippen LogP) is 4.50. The molecule has 3 aliphatic rings. The average Bonchev–Trinajstić information content (AvgIpc) is 2.62. The van der Waals surface area contributed by atoms with E-state index in [1.165, 1.54) is 96.3 Å². The van der Waals surface area contributed by atoms with Gasteiger partial charge in [0.05, 0.1) is 0 Å². The Hall–Kier alpha value is 1.55. The zero-order valence-electron chi connectivity index (χ0n) is 16.4. The molecule has 1 heteroatoms. The van der Waals surface area contributed by atoms with Gasteiger partial charge in [0.15, 0.2) is 0 Å². The zero-order chi connectivity index (χ0) is 15.7. The van der Waals surface area contributed by atoms with Gasteiger partial charge < -0.3 is 6.42 Å². The van der Waals surface area contributed by atoms with E-state index in [2.05, 4.69) is 18.6 Å². The molecule has 0 radical (unpaired) electrons. The van der Waals surface area contributed by atoms with Gasteiger partial charge in [-0.1, -0.05) is 69.9 Å². The molecule has 0 spiro atoms. The van der Waals surface area contributed by atoms with Gasteiger partial charge in [0, 0.05) is 0 Å². The molecule has 0 saturated heterocycles. The molecule has 3 saturated carbocycles. The molecule has 0 unspecified atom stereocenters. The van der Waals surface area contributed by atoms with Crippen molar-refractivity contribution in [1.29, 1.82) is 0 Å². The van der Waals surface area contributed by atoms with Crippen molar-refractivity contribution >= 4 is 0 Å². The van der Waals surface area contributed by atoms with Crippen molar-refractivity contribution in [2.24, 2.45) is 23.7 Å². The Morgan fingerprint density at radius 1 is 0.583 bits per heavy atom. The summed E-state index contributed by atoms with van der Waals surface area (Å²) in [6.45, 7) is 0. The third-order valence-electron chi connectivity index (χ3n) is 7.02. The van der Waals surface area contributed by atoms with Crippen molar-refractivity contribution in [3.8, 4) is 0 Å². The molecule has 0 nitrogen and oxygen atoms in total. The SMILES string of the molecule is C(=C/CC1CCC(CC2CC[CH-]CC2)CC1)/CC1CCCCC1.[Rb+]. The van der Waals surface area contributed by atoms with Crippen LogP contribution < -0.4 is 58.2 Å². The van der Waals surface area contributed by atoms with Gasteiger partial charge in [0.1, 0.15) is 0 Å². The van der Waals surface area contributed by atoms with Crippen molar-refractivity contribution in [1.82, 2.24) is 0 Å². The van der Waals surface area contributed by atoms with Crippen molar-refractivity contribution in [2.45, 2.75) is 103 Å². The maximum absolute atomic E-state index is 2.54. The van der Waals surface area contributed by atoms with Crippen LogP contribution in [0.25, 0.3) is 0 Å². The molecule has 0 aromatic rings. The van der Waals surface area contributed by atoms with E-state index in [9.17, 15) is 0 Å². The molecule has 3 rings (SSSR count). The Labute approximate surface area is 200 Å². The number of hydrogen-bond acceptors (Lipinski definition) is 0. The predicted molar refractivity (Wildman–Crippen MR) is 101 cm³/mol. The molecule has 0 amide bonds. The number of rotatable bonds is 6. The quantitative estimate of drug-likeness (QED) is 0.455. The standard InChI is InChI=1S/C23H39.Rb/c1-3-9-20(10-4-1)11-7-8-12-21-15-17-23(18-16-21)19-22-13-5-2-6-14-22;/h2,7-8,20-23H,1,3-6,9-19H2;/q-1;+1/b8-7-;. The molecule has 3 aliphatic carbocycles. The molecule has 0 heterocycles. The minimum Gasteiger partial charge on any atom is -0.328 e. The largest absolute Gasteiger partial charge is 1.00 e. The summed E-state index contributed by atoms with van der Waals surface area (Å²) >= 11 is 0. The van der Waals surface area contributed by atoms with Gasteiger partial charge in [0.25, 0.3) is 0 Å². The molecule has 0 aliphatic heterocycles. The maximum atomic E-state index is 2.54. The monoisotopic (exact) mass is 400 g/mol. The topological polar surface area (TPSA) is 0 Å². The smallest absolute Gasteiger partial charge is 0.328 e. The van der Waals surface area contributed by atoms with Crippen LogP contribution in [0.2, 0.25) is 0 Å². The van der Waals surface area contributed by atoms with Gasteiger partial charge in [-0.25, -0.2) is 0 Å². The summed E-state index contributed by atoms with van der Waals surface area (Å²) in [6.07, 6.45) is 31.2. The molecule has 0 aromatic heterocycles. The third-order valence-corrected chi connectivity index (χ3v) is 7.02. The van der Waals surface area contributed by atoms with E-state index < -0.39 is 0 Å². The number of allylic oxidation sites excluding steroid dienone is 2. The summed E-state index contributed by atoms with van der Waals surface area (Å²) in [7, 11) is 0. The second-order valence-electron chi connectivity index (χ2n) is 8.88. The molecule has 24 heavy (non-hydrogen) atoms. The molecule has 0 N–H and O–H groups in total. The van der Waals surface area contributed by atoms with Gasteiger partial charge in [-0.05, 0) is 55.8 Å². The normalized spacial score (nSPS) is 30.3. The molecule has 3 fully saturated rings. The van der Waals surface area contributed by atoms with Crippen LogP contribution in [0.4, 0.5) is 0 Å². The van der Waals surface area contributed by atoms with E-state index in [1.807, 2.05) is 0 Å². The summed E-state index contributed by atoms with van der Waals surface area (Å²) in [5.74, 6) is 4.16. The fourth-order valence-corrected chi connectivity index (χ4v) is 5.41. The first kappa shape index (κ1) is 21.8. The van der Waals surface area contributed by atoms with Crippen LogP contribution in [0.5, 0.6) is 0 Å². The van der Waals surface area contributed by atoms with E-state index in [0.717, 1.165) is 23.7 Å². The zero-order valence-corrected chi connectivity index (χ0v) is 21.3. The van der Waals surface area contributed by atoms with Crippen LogP contribution in [-0.4, -0.2) is 0 Å². The summed E-state index contributed by atoms with van der Waals surface area (Å²) in [4.78, 5) is 0. The molecule has 0 bridgehead atoms. The minimum absolute atomic E-state index is 0. The summed E-state index contributed by atoms with van der Waals surface area (Å²) in [6, 6.07) is 0. The summed E-state index contributed by atoms with van der Waals surface area (Å²) < 4.78 is 0. The van der Waals surface area contributed by atoms with Crippen LogP contribution in [0.3, 0.4) is 0 Å². The molecular formula is C23H39Rb. The Bertz CT molecular complexity index is 328. The third kappa shape index (κ3) is 8.06. The van der Waals surface area contributed by atoms with Crippen molar-refractivity contribution in [3.63, 3.8) is 0 Å². The van der Waals surface area contributed by atoms with Gasteiger partial charge >= 0.3 is 58.2 Å². The Morgan fingerprint density at radius 2 is 1.08 bits per heavy atom. The molecule has 132 valence electrons. The average molecular weight is 401 g/mol. The minimum atomic E-state index is 0. The fraction of sp³-hybridized carbons (Fsp3) is 0.870. The van der Waals surface area contributed by atoms with Gasteiger partial charge in [-0.3, -0.25) is 0 Å². The van der Waals surface area contributed by atoms with Gasteiger partial charge in [0.2, 0.25) is 0 Å². The Balaban J connectivity index is 0.00000208. The van der Waals surface area contributed by atoms with Crippen LogP contribution in [0.15, 0.2) is 12.2 Å². The van der Waals surface area contributed by atoms with Crippen LogP contribution >= 0.6 is 0 Å². The first-order chi connectivity index (χ1) is 11.4. The van der Waals surface area contributed by atoms with Crippen molar-refractivity contribution in [2.75, 3.05) is 0 Å². The van der Waals surface area contributed by atoms with E-state index in [0.29, 0.717) is 0 Å². The second kappa shape index (κ2) is 12.8. The van der Waals surface area contributed by atoms with E-state index in [1.54, 1.807) is 6.42 Å². The number of hydrogen-bond donors (Lipinski definition) is 0. The fourth-order valence-electron chi connectivity index (χ4n) is 5.41. The summed E-state index contributed by atoms with van der Waals surface area (Å²) in [5, 5.41) is 0. The second-order valence-corrected chi connectivity index (χ2v) is 8.88. The first-order valence-electron chi connectivity index (χ1n) is 10.9. The van der Waals surface area contributed by atoms with Crippen LogP contribution in [0.1, 0.15) is 103 Å². The first-order valence-corrected chi connectivity index (χ1v) is 10.9. The van der Waals surface area contributed by atoms with E-state index in [4.69, 9.17) is 0 Å². The van der Waals surface area contributed by atoms with E-state index in [-0.39, 0.29) is 58.2 Å². The van der Waals surface area contributed by atoms with Crippen LogP contribution in [0, 0.1) is 30.1 Å². The van der Waals surface area contributed by atoms with Crippen molar-refractivity contribution in [3.05, 3.63) is 18.6 Å². The maximum Gasteiger partial charge on any atom is 1.00 e. The van der Waals surface area contributed by atoms with Gasteiger partial charge in [-0.2, -0.15) is 12.8 Å².